The molecule has 0 spiro atoms. The minimum atomic E-state index is -1.27. The van der Waals surface area contributed by atoms with Crippen molar-refractivity contribution in [1.29, 1.82) is 0 Å². The number of carboxylic acid groups (broad SMARTS) is 2. The fourth-order valence-corrected chi connectivity index (χ4v) is 6.43. The molecule has 0 fully saturated rings. The van der Waals surface area contributed by atoms with Crippen molar-refractivity contribution in [3.8, 4) is 0 Å². The van der Waals surface area contributed by atoms with Gasteiger partial charge in [0.1, 0.15) is 0 Å². The Kier molecular flexibility index (Phi) is 7.14. The van der Waals surface area contributed by atoms with Crippen LogP contribution in [0.3, 0.4) is 0 Å². The second-order valence-electron chi connectivity index (χ2n) is 7.17. The number of ether oxygens (including phenoxy) is 1. The molecule has 0 radical (unpaired) electrons. The van der Waals surface area contributed by atoms with E-state index < -0.39 is 23.9 Å². The first kappa shape index (κ1) is 25.5. The van der Waals surface area contributed by atoms with Crippen LogP contribution in [0.4, 0.5) is 0 Å². The average molecular weight is 730 g/mol. The van der Waals surface area contributed by atoms with Gasteiger partial charge < -0.3 is 14.9 Å². The van der Waals surface area contributed by atoms with Gasteiger partial charge in [-0.05, 0) is 48.5 Å². The molecule has 7 nitrogen and oxygen atoms in total. The van der Waals surface area contributed by atoms with Crippen molar-refractivity contribution in [2.45, 2.75) is 0 Å². The maximum Gasteiger partial charge on any atom is 0.346 e. The minimum Gasteiger partial charge on any atom is -0.478 e. The number of carbonyl (C=O) groups excluding carboxylic acids is 2. The van der Waals surface area contributed by atoms with Crippen LogP contribution in [-0.4, -0.2) is 34.1 Å². The van der Waals surface area contributed by atoms with Crippen LogP contribution in [0.2, 0.25) is 0 Å². The van der Waals surface area contributed by atoms with E-state index in [2.05, 4.69) is 63.7 Å². The summed E-state index contributed by atoms with van der Waals surface area (Å²) in [6.07, 6.45) is 0. The summed E-state index contributed by atoms with van der Waals surface area (Å²) in [7, 11) is 0. The van der Waals surface area contributed by atoms with E-state index in [0.29, 0.717) is 28.7 Å². The van der Waals surface area contributed by atoms with Crippen molar-refractivity contribution < 1.29 is 34.1 Å². The Labute approximate surface area is 230 Å². The number of aromatic carboxylic acids is 2. The lowest BCUT2D eigenvalue weighted by Gasteiger charge is -2.14. The molecule has 4 aromatic carbocycles. The number of fused-ring (bicyclic) bond motifs is 2. The second-order valence-corrected chi connectivity index (χ2v) is 10.6. The molecule has 0 saturated carbocycles. The SMILES string of the molecule is O=C(O)c1ccc(Br)c2c(Br)ccc(C(=O)OC(=O)c3ccc(Br)c4c(Br)ccc(C(=O)O)c34)c12. The van der Waals surface area contributed by atoms with E-state index in [1.54, 1.807) is 0 Å². The van der Waals surface area contributed by atoms with E-state index in [4.69, 9.17) is 4.74 Å². The average Bonchev–Trinajstić information content (AvgIpc) is 2.79. The Hall–Kier alpha value is -2.60. The highest BCUT2D eigenvalue weighted by Gasteiger charge is 2.26. The molecule has 0 atom stereocenters. The zero-order valence-electron chi connectivity index (χ0n) is 17.1. The highest BCUT2D eigenvalue weighted by Crippen LogP contribution is 2.38. The standard InChI is InChI=1S/C24H10Br4O7/c25-13-5-1-9(21(29)30)17-11(3-7-15(27)19(13)17)23(33)35-24(34)12-4-8-16(28)20-14(26)6-2-10(18(12)20)22(31)32/h1-8H,(H,29,30)(H,31,32). The zero-order chi connectivity index (χ0) is 25.6. The molecule has 0 saturated heterocycles. The van der Waals surface area contributed by atoms with Crippen molar-refractivity contribution >= 4 is 109 Å². The lowest BCUT2D eigenvalue weighted by Crippen LogP contribution is -2.15. The molecule has 0 unspecified atom stereocenters. The summed E-state index contributed by atoms with van der Waals surface area (Å²) in [4.78, 5) is 50.0. The zero-order valence-corrected chi connectivity index (χ0v) is 23.4. The molecule has 0 aromatic heterocycles. The summed E-state index contributed by atoms with van der Waals surface area (Å²) >= 11 is 13.4. The van der Waals surface area contributed by atoms with Gasteiger partial charge in [0, 0.05) is 39.4 Å². The van der Waals surface area contributed by atoms with Crippen LogP contribution < -0.4 is 0 Å². The van der Waals surface area contributed by atoms with Crippen LogP contribution in [0.5, 0.6) is 0 Å². The maximum atomic E-state index is 13.1. The number of esters is 2. The minimum absolute atomic E-state index is 0.0775. The molecule has 0 aliphatic carbocycles. The van der Waals surface area contributed by atoms with Gasteiger partial charge in [-0.1, -0.05) is 63.7 Å². The van der Waals surface area contributed by atoms with Gasteiger partial charge in [-0.2, -0.15) is 0 Å². The van der Waals surface area contributed by atoms with Gasteiger partial charge in [0.15, 0.2) is 0 Å². The van der Waals surface area contributed by atoms with Crippen LogP contribution in [0.15, 0.2) is 66.4 Å². The van der Waals surface area contributed by atoms with Gasteiger partial charge >= 0.3 is 23.9 Å². The molecule has 0 amide bonds. The monoisotopic (exact) mass is 726 g/mol. The van der Waals surface area contributed by atoms with Crippen molar-refractivity contribution in [2.24, 2.45) is 0 Å². The van der Waals surface area contributed by atoms with E-state index >= 15 is 0 Å². The van der Waals surface area contributed by atoms with E-state index in [9.17, 15) is 29.4 Å². The number of halogens is 4. The third kappa shape index (κ3) is 4.53. The summed E-state index contributed by atoms with van der Waals surface area (Å²) in [5.74, 6) is -4.71. The molecule has 2 N–H and O–H groups in total. The molecule has 11 heteroatoms. The first-order valence-corrected chi connectivity index (χ1v) is 12.7. The quantitative estimate of drug-likeness (QED) is 0.166. The number of rotatable bonds is 4. The first-order valence-electron chi connectivity index (χ1n) is 9.57. The number of hydrogen-bond donors (Lipinski definition) is 2. The number of hydrogen-bond acceptors (Lipinski definition) is 5. The topological polar surface area (TPSA) is 118 Å². The van der Waals surface area contributed by atoms with E-state index in [1.807, 2.05) is 0 Å². The van der Waals surface area contributed by atoms with E-state index in [0.717, 1.165) is 0 Å². The third-order valence-electron chi connectivity index (χ3n) is 5.20. The fraction of sp³-hybridized carbons (Fsp3) is 0. The van der Waals surface area contributed by atoms with Crippen molar-refractivity contribution in [3.05, 3.63) is 88.7 Å². The summed E-state index contributed by atoms with van der Waals surface area (Å²) in [5.41, 5.74) is -0.599. The fourth-order valence-electron chi connectivity index (χ4n) is 3.72. The second kappa shape index (κ2) is 9.81. The molecular weight excluding hydrogens is 720 g/mol. The van der Waals surface area contributed by atoms with Gasteiger partial charge in [0.05, 0.1) is 22.3 Å². The lowest BCUT2D eigenvalue weighted by atomic mass is 9.98. The van der Waals surface area contributed by atoms with Crippen LogP contribution in [0.1, 0.15) is 41.4 Å². The summed E-state index contributed by atoms with van der Waals surface area (Å²) in [5, 5.41) is 20.3. The summed E-state index contributed by atoms with van der Waals surface area (Å²) in [6.45, 7) is 0. The summed E-state index contributed by atoms with van der Waals surface area (Å²) in [6, 6.07) is 11.5. The molecule has 0 heterocycles. The Morgan fingerprint density at radius 3 is 1.06 bits per heavy atom. The summed E-state index contributed by atoms with van der Waals surface area (Å²) < 4.78 is 7.25. The molecule has 4 rings (SSSR count). The molecule has 0 bridgehead atoms. The normalized spacial score (nSPS) is 11.0. The van der Waals surface area contributed by atoms with Crippen molar-refractivity contribution in [2.75, 3.05) is 0 Å². The Balaban J connectivity index is 1.87. The van der Waals surface area contributed by atoms with E-state index in [1.165, 1.54) is 48.5 Å². The van der Waals surface area contributed by atoms with Gasteiger partial charge in [0.25, 0.3) is 0 Å². The van der Waals surface area contributed by atoms with Crippen LogP contribution in [-0.2, 0) is 4.74 Å². The Morgan fingerprint density at radius 2 is 0.771 bits per heavy atom. The predicted molar refractivity (Wildman–Crippen MR) is 142 cm³/mol. The Bertz CT molecular complexity index is 1480. The number of carbonyl (C=O) groups is 4. The van der Waals surface area contributed by atoms with Gasteiger partial charge in [-0.25, -0.2) is 19.2 Å². The smallest absolute Gasteiger partial charge is 0.346 e. The molecule has 0 aliphatic rings. The van der Waals surface area contributed by atoms with Gasteiger partial charge in [0.2, 0.25) is 0 Å². The van der Waals surface area contributed by atoms with Crippen LogP contribution in [0, 0.1) is 0 Å². The molecule has 176 valence electrons. The highest BCUT2D eigenvalue weighted by molar-refractivity contribution is 9.11. The number of carboxylic acids is 2. The molecule has 4 aromatic rings. The third-order valence-corrected chi connectivity index (χ3v) is 7.85. The Morgan fingerprint density at radius 1 is 0.486 bits per heavy atom. The van der Waals surface area contributed by atoms with Crippen molar-refractivity contribution in [1.82, 2.24) is 0 Å². The maximum absolute atomic E-state index is 13.1. The van der Waals surface area contributed by atoms with Crippen LogP contribution >= 0.6 is 63.7 Å². The molecule has 0 aliphatic heterocycles. The molecule has 35 heavy (non-hydrogen) atoms. The van der Waals surface area contributed by atoms with Gasteiger partial charge in [-0.3, -0.25) is 0 Å². The van der Waals surface area contributed by atoms with E-state index in [-0.39, 0.29) is 33.0 Å². The predicted octanol–water partition coefficient (Wildman–Crippen LogP) is 7.44. The first-order chi connectivity index (χ1) is 16.5. The lowest BCUT2D eigenvalue weighted by molar-refractivity contribution is 0.0400. The number of benzene rings is 4. The van der Waals surface area contributed by atoms with Gasteiger partial charge in [-0.15, -0.1) is 0 Å². The molecular formula is C24H10Br4O7. The largest absolute Gasteiger partial charge is 0.478 e. The van der Waals surface area contributed by atoms with Crippen molar-refractivity contribution in [3.63, 3.8) is 0 Å². The van der Waals surface area contributed by atoms with Crippen LogP contribution in [0.25, 0.3) is 21.5 Å². The highest BCUT2D eigenvalue weighted by atomic mass is 79.9.